The van der Waals surface area contributed by atoms with Crippen LogP contribution >= 0.6 is 0 Å². The number of hydrogen-bond donors (Lipinski definition) is 0. The molecule has 1 heterocycles. The molecular formula is C13H13NO3. The van der Waals surface area contributed by atoms with E-state index in [4.69, 9.17) is 4.74 Å². The minimum absolute atomic E-state index is 0.302. The van der Waals surface area contributed by atoms with E-state index in [1.54, 1.807) is 17.7 Å². The van der Waals surface area contributed by atoms with Crippen LogP contribution in [0.1, 0.15) is 11.3 Å². The molecule has 0 radical (unpaired) electrons. The summed E-state index contributed by atoms with van der Waals surface area (Å²) < 4.78 is 6.70. The van der Waals surface area contributed by atoms with E-state index in [2.05, 4.69) is 0 Å². The Morgan fingerprint density at radius 3 is 2.71 bits per heavy atom. The van der Waals surface area contributed by atoms with Gasteiger partial charge in [-0.1, -0.05) is 0 Å². The highest BCUT2D eigenvalue weighted by Gasteiger charge is 2.13. The van der Waals surface area contributed by atoms with Crippen molar-refractivity contribution in [1.82, 2.24) is 4.57 Å². The molecule has 2 rings (SSSR count). The van der Waals surface area contributed by atoms with E-state index in [1.807, 2.05) is 19.1 Å². The lowest BCUT2D eigenvalue weighted by atomic mass is 10.1. The Kier molecular flexibility index (Phi) is 2.95. The Hall–Kier alpha value is -2.10. The number of fused-ring (bicyclic) bond motifs is 1. The third-order valence-corrected chi connectivity index (χ3v) is 2.98. The maximum atomic E-state index is 11.1. The van der Waals surface area contributed by atoms with Crippen molar-refractivity contribution in [3.05, 3.63) is 29.5 Å². The van der Waals surface area contributed by atoms with Gasteiger partial charge in [0.25, 0.3) is 0 Å². The van der Waals surface area contributed by atoms with E-state index < -0.39 is 0 Å². The van der Waals surface area contributed by atoms with Crippen molar-refractivity contribution < 1.29 is 14.3 Å². The molecule has 0 aliphatic carbocycles. The van der Waals surface area contributed by atoms with Gasteiger partial charge >= 0.3 is 0 Å². The summed E-state index contributed by atoms with van der Waals surface area (Å²) in [6, 6.07) is 5.47. The minimum atomic E-state index is 0.302. The second kappa shape index (κ2) is 4.41. The molecule has 0 spiro atoms. The van der Waals surface area contributed by atoms with Crippen LogP contribution in [-0.4, -0.2) is 24.4 Å². The summed E-state index contributed by atoms with van der Waals surface area (Å²) in [6.07, 6.45) is 1.91. The van der Waals surface area contributed by atoms with Crippen LogP contribution in [0.15, 0.2) is 18.2 Å². The molecule has 0 aliphatic heterocycles. The Balaban J connectivity index is 2.80. The van der Waals surface area contributed by atoms with Crippen LogP contribution in [0.3, 0.4) is 0 Å². The van der Waals surface area contributed by atoms with E-state index >= 15 is 0 Å². The number of carbonyl (C=O) groups is 2. The molecule has 1 aromatic heterocycles. The fourth-order valence-electron chi connectivity index (χ4n) is 2.09. The largest absolute Gasteiger partial charge is 0.497 e. The monoisotopic (exact) mass is 231 g/mol. The maximum Gasteiger partial charge on any atom is 0.218 e. The number of hydrogen-bond acceptors (Lipinski definition) is 3. The van der Waals surface area contributed by atoms with Crippen LogP contribution in [0.5, 0.6) is 5.75 Å². The Labute approximate surface area is 98.8 Å². The second-order valence-corrected chi connectivity index (χ2v) is 3.79. The van der Waals surface area contributed by atoms with Crippen molar-refractivity contribution in [2.45, 2.75) is 13.3 Å². The zero-order valence-corrected chi connectivity index (χ0v) is 9.77. The lowest BCUT2D eigenvalue weighted by Crippen LogP contribution is -1.98. The van der Waals surface area contributed by atoms with Gasteiger partial charge in [0.1, 0.15) is 12.0 Å². The van der Waals surface area contributed by atoms with E-state index in [0.29, 0.717) is 12.2 Å². The van der Waals surface area contributed by atoms with E-state index in [-0.39, 0.29) is 0 Å². The SMILES string of the molecule is COc1ccc2c(c1)c(CC=O)c(C)n2C=O. The fraction of sp³-hybridized carbons (Fsp3) is 0.231. The molecule has 1 aromatic carbocycles. The smallest absolute Gasteiger partial charge is 0.218 e. The summed E-state index contributed by atoms with van der Waals surface area (Å²) in [5.41, 5.74) is 2.48. The Morgan fingerprint density at radius 1 is 1.35 bits per heavy atom. The first-order chi connectivity index (χ1) is 8.22. The topological polar surface area (TPSA) is 48.3 Å². The molecule has 2 aromatic rings. The van der Waals surface area contributed by atoms with Gasteiger partial charge in [-0.2, -0.15) is 0 Å². The summed E-state index contributed by atoms with van der Waals surface area (Å²) in [4.78, 5) is 21.8. The van der Waals surface area contributed by atoms with Gasteiger partial charge in [0.2, 0.25) is 6.41 Å². The molecule has 0 saturated heterocycles. The number of nitrogens with zero attached hydrogens (tertiary/aromatic N) is 1. The molecule has 0 fully saturated rings. The lowest BCUT2D eigenvalue weighted by molar-refractivity contribution is -0.107. The summed E-state index contributed by atoms with van der Waals surface area (Å²) in [6.45, 7) is 1.83. The lowest BCUT2D eigenvalue weighted by Gasteiger charge is -2.00. The molecule has 0 amide bonds. The first-order valence-corrected chi connectivity index (χ1v) is 5.29. The number of benzene rings is 1. The number of carbonyl (C=O) groups excluding carboxylic acids is 2. The summed E-state index contributed by atoms with van der Waals surface area (Å²) in [7, 11) is 1.59. The van der Waals surface area contributed by atoms with Crippen LogP contribution in [0.25, 0.3) is 10.9 Å². The fourth-order valence-corrected chi connectivity index (χ4v) is 2.09. The van der Waals surface area contributed by atoms with E-state index in [9.17, 15) is 9.59 Å². The third kappa shape index (κ3) is 1.71. The number of methoxy groups -OCH3 is 1. The molecule has 88 valence electrons. The zero-order chi connectivity index (χ0) is 12.4. The van der Waals surface area contributed by atoms with Crippen LogP contribution in [0, 0.1) is 6.92 Å². The van der Waals surface area contributed by atoms with Gasteiger partial charge in [-0.3, -0.25) is 9.36 Å². The van der Waals surface area contributed by atoms with Crippen molar-refractivity contribution in [3.63, 3.8) is 0 Å². The minimum Gasteiger partial charge on any atom is -0.497 e. The van der Waals surface area contributed by atoms with Crippen molar-refractivity contribution >= 4 is 23.6 Å². The van der Waals surface area contributed by atoms with Crippen LogP contribution in [0.2, 0.25) is 0 Å². The van der Waals surface area contributed by atoms with Gasteiger partial charge in [-0.15, -0.1) is 0 Å². The molecule has 0 aliphatic rings. The van der Waals surface area contributed by atoms with Gasteiger partial charge in [0.05, 0.1) is 12.6 Å². The molecule has 4 nitrogen and oxygen atoms in total. The summed E-state index contributed by atoms with van der Waals surface area (Å²) >= 11 is 0. The molecule has 0 bridgehead atoms. The highest BCUT2D eigenvalue weighted by atomic mass is 16.5. The van der Waals surface area contributed by atoms with Crippen molar-refractivity contribution in [2.24, 2.45) is 0 Å². The standard InChI is InChI=1S/C13H13NO3/c1-9-11(5-6-15)12-7-10(17-2)3-4-13(12)14(9)8-16/h3-4,6-8H,5H2,1-2H3. The first-order valence-electron chi connectivity index (χ1n) is 5.29. The molecule has 0 unspecified atom stereocenters. The Morgan fingerprint density at radius 2 is 2.12 bits per heavy atom. The van der Waals surface area contributed by atoms with Crippen molar-refractivity contribution in [3.8, 4) is 5.75 Å². The van der Waals surface area contributed by atoms with Gasteiger partial charge in [-0.05, 0) is 30.7 Å². The molecular weight excluding hydrogens is 218 g/mol. The van der Waals surface area contributed by atoms with Gasteiger partial charge in [-0.25, -0.2) is 0 Å². The average Bonchev–Trinajstić information content (AvgIpc) is 2.62. The quantitative estimate of drug-likeness (QED) is 0.753. The van der Waals surface area contributed by atoms with E-state index in [1.165, 1.54) is 0 Å². The molecule has 0 atom stereocenters. The number of aromatic nitrogens is 1. The zero-order valence-electron chi connectivity index (χ0n) is 9.77. The molecule has 0 N–H and O–H groups in total. The van der Waals surface area contributed by atoms with Crippen LogP contribution < -0.4 is 4.74 Å². The first kappa shape index (κ1) is 11.4. The van der Waals surface area contributed by atoms with Gasteiger partial charge in [0.15, 0.2) is 0 Å². The predicted octanol–water partition coefficient (Wildman–Crippen LogP) is 1.74. The third-order valence-electron chi connectivity index (χ3n) is 2.98. The second-order valence-electron chi connectivity index (χ2n) is 3.79. The van der Waals surface area contributed by atoms with Crippen molar-refractivity contribution in [1.29, 1.82) is 0 Å². The average molecular weight is 231 g/mol. The maximum absolute atomic E-state index is 11.1. The highest BCUT2D eigenvalue weighted by Crippen LogP contribution is 2.28. The number of ether oxygens (including phenoxy) is 1. The molecule has 0 saturated carbocycles. The van der Waals surface area contributed by atoms with Crippen LogP contribution in [0.4, 0.5) is 0 Å². The van der Waals surface area contributed by atoms with Crippen molar-refractivity contribution in [2.75, 3.05) is 7.11 Å². The van der Waals surface area contributed by atoms with Gasteiger partial charge < -0.3 is 9.53 Å². The number of rotatable bonds is 4. The molecule has 17 heavy (non-hydrogen) atoms. The highest BCUT2D eigenvalue weighted by molar-refractivity contribution is 5.92. The molecule has 4 heteroatoms. The Bertz CT molecular complexity index is 584. The number of aldehydes is 1. The predicted molar refractivity (Wildman–Crippen MR) is 65.1 cm³/mol. The normalized spacial score (nSPS) is 10.5. The van der Waals surface area contributed by atoms with Gasteiger partial charge in [0, 0.05) is 17.5 Å². The summed E-state index contributed by atoms with van der Waals surface area (Å²) in [5.74, 6) is 0.715. The van der Waals surface area contributed by atoms with E-state index in [0.717, 1.165) is 34.9 Å². The summed E-state index contributed by atoms with van der Waals surface area (Å²) in [5, 5.41) is 0.890. The van der Waals surface area contributed by atoms with Crippen LogP contribution in [-0.2, 0) is 16.0 Å².